The molecular weight excluding hydrogens is 472 g/mol. The van der Waals surface area contributed by atoms with Crippen LogP contribution in [0.3, 0.4) is 0 Å². The summed E-state index contributed by atoms with van der Waals surface area (Å²) in [5.41, 5.74) is 3.52. The summed E-state index contributed by atoms with van der Waals surface area (Å²) in [6.45, 7) is 4.13. The summed E-state index contributed by atoms with van der Waals surface area (Å²) >= 11 is 0. The molecule has 5 rings (SSSR count). The number of aromatic nitrogens is 7. The summed E-state index contributed by atoms with van der Waals surface area (Å²) in [5, 5.41) is 29.6. The van der Waals surface area contributed by atoms with Crippen molar-refractivity contribution in [2.75, 3.05) is 12.4 Å². The Balaban J connectivity index is 1.40. The van der Waals surface area contributed by atoms with Gasteiger partial charge in [0.1, 0.15) is 11.8 Å². The Morgan fingerprint density at radius 3 is 2.70 bits per heavy atom. The number of nitriles is 1. The number of nitrogens with one attached hydrogen (secondary N) is 2. The number of amides is 1. The molecule has 4 heterocycles. The molecule has 1 saturated carbocycles. The van der Waals surface area contributed by atoms with E-state index in [1.807, 2.05) is 16.9 Å². The summed E-state index contributed by atoms with van der Waals surface area (Å²) in [5.74, 6) is 0.600. The number of methoxy groups -OCH3 is 1. The normalized spacial score (nSPS) is 17.5. The Hall–Kier alpha value is -4.53. The Kier molecular flexibility index (Phi) is 6.68. The highest BCUT2D eigenvalue weighted by atomic mass is 16.5. The third-order valence-corrected chi connectivity index (χ3v) is 6.45. The highest BCUT2D eigenvalue weighted by Crippen LogP contribution is 2.32. The van der Waals surface area contributed by atoms with Crippen LogP contribution in [0.2, 0.25) is 0 Å². The van der Waals surface area contributed by atoms with Crippen LogP contribution in [0.15, 0.2) is 36.9 Å². The average Bonchev–Trinajstić information content (AvgIpc) is 3.56. The molecule has 0 spiro atoms. The molecule has 0 bridgehead atoms. The molecule has 2 N–H and O–H groups in total. The van der Waals surface area contributed by atoms with E-state index in [-0.39, 0.29) is 18.1 Å². The van der Waals surface area contributed by atoms with E-state index in [4.69, 9.17) is 10.00 Å². The molecule has 37 heavy (non-hydrogen) atoms. The lowest BCUT2D eigenvalue weighted by Crippen LogP contribution is -2.37. The van der Waals surface area contributed by atoms with Crippen molar-refractivity contribution in [3.63, 3.8) is 0 Å². The molecule has 4 aromatic heterocycles. The summed E-state index contributed by atoms with van der Waals surface area (Å²) in [4.78, 5) is 20.6. The molecule has 1 aliphatic rings. The van der Waals surface area contributed by atoms with Gasteiger partial charge in [-0.25, -0.2) is 19.4 Å². The van der Waals surface area contributed by atoms with E-state index >= 15 is 0 Å². The van der Waals surface area contributed by atoms with Gasteiger partial charge in [-0.05, 0) is 45.6 Å². The lowest BCUT2D eigenvalue weighted by Gasteiger charge is -2.28. The second kappa shape index (κ2) is 10.2. The van der Waals surface area contributed by atoms with Crippen molar-refractivity contribution in [1.82, 2.24) is 40.1 Å². The van der Waals surface area contributed by atoms with Gasteiger partial charge < -0.3 is 15.4 Å². The number of hydrogen-bond donors (Lipinski definition) is 2. The van der Waals surface area contributed by atoms with Crippen molar-refractivity contribution in [1.29, 1.82) is 5.26 Å². The van der Waals surface area contributed by atoms with Crippen molar-refractivity contribution >= 4 is 22.8 Å². The summed E-state index contributed by atoms with van der Waals surface area (Å²) < 4.78 is 8.28. The third-order valence-electron chi connectivity index (χ3n) is 6.45. The number of carbonyl (C=O) groups excluding carboxylic acids is 1. The lowest BCUT2D eigenvalue weighted by molar-refractivity contribution is 0.160. The molecule has 12 nitrogen and oxygen atoms in total. The van der Waals surface area contributed by atoms with Crippen LogP contribution in [0, 0.1) is 11.3 Å². The summed E-state index contributed by atoms with van der Waals surface area (Å²) in [7, 11) is 1.38. The Bertz CT molecular complexity index is 1460. The monoisotopic (exact) mass is 500 g/mol. The maximum atomic E-state index is 11.5. The number of anilines is 1. The first-order chi connectivity index (χ1) is 17.9. The first-order valence-electron chi connectivity index (χ1n) is 12.2. The Morgan fingerprint density at radius 2 is 1.97 bits per heavy atom. The summed E-state index contributed by atoms with van der Waals surface area (Å²) in [6, 6.07) is 6.28. The fraction of sp³-hybridized carbons (Fsp3) is 0.400. The van der Waals surface area contributed by atoms with E-state index in [0.29, 0.717) is 17.0 Å². The van der Waals surface area contributed by atoms with Gasteiger partial charge in [0.2, 0.25) is 0 Å². The van der Waals surface area contributed by atoms with E-state index in [1.165, 1.54) is 13.3 Å². The molecular formula is C25H28N10O2. The number of nitrogens with zero attached hydrogens (tertiary/aromatic N) is 8. The van der Waals surface area contributed by atoms with Gasteiger partial charge in [-0.1, -0.05) is 5.21 Å². The zero-order valence-corrected chi connectivity index (χ0v) is 20.9. The molecule has 0 aromatic carbocycles. The van der Waals surface area contributed by atoms with Gasteiger partial charge in [0, 0.05) is 47.2 Å². The number of hydrogen-bond acceptors (Lipinski definition) is 9. The molecule has 0 radical (unpaired) electrons. The molecule has 190 valence electrons. The van der Waals surface area contributed by atoms with Gasteiger partial charge in [0.15, 0.2) is 11.5 Å². The van der Waals surface area contributed by atoms with Gasteiger partial charge in [-0.2, -0.15) is 15.0 Å². The van der Waals surface area contributed by atoms with Crippen LogP contribution in [-0.4, -0.2) is 60.0 Å². The molecule has 1 amide bonds. The van der Waals surface area contributed by atoms with E-state index < -0.39 is 6.09 Å². The molecule has 0 unspecified atom stereocenters. The van der Waals surface area contributed by atoms with Crippen LogP contribution in [-0.2, 0) is 4.74 Å². The molecule has 0 saturated heterocycles. The highest BCUT2D eigenvalue weighted by Gasteiger charge is 2.25. The van der Waals surface area contributed by atoms with Crippen molar-refractivity contribution in [2.24, 2.45) is 0 Å². The fourth-order valence-electron chi connectivity index (χ4n) is 4.63. The predicted molar refractivity (Wildman–Crippen MR) is 136 cm³/mol. The summed E-state index contributed by atoms with van der Waals surface area (Å²) in [6.07, 6.45) is 10.0. The topological polar surface area (TPSA) is 148 Å². The molecule has 1 fully saturated rings. The van der Waals surface area contributed by atoms with Crippen LogP contribution < -0.4 is 10.6 Å². The van der Waals surface area contributed by atoms with Crippen LogP contribution in [0.1, 0.15) is 51.1 Å². The van der Waals surface area contributed by atoms with E-state index in [9.17, 15) is 4.79 Å². The van der Waals surface area contributed by atoms with E-state index in [1.54, 1.807) is 23.1 Å². The Labute approximate surface area is 213 Å². The smallest absolute Gasteiger partial charge is 0.407 e. The van der Waals surface area contributed by atoms with Gasteiger partial charge in [-0.15, -0.1) is 5.10 Å². The van der Waals surface area contributed by atoms with Crippen LogP contribution >= 0.6 is 0 Å². The minimum absolute atomic E-state index is 0.115. The molecule has 12 heteroatoms. The van der Waals surface area contributed by atoms with Crippen LogP contribution in [0.4, 0.5) is 10.5 Å². The fourth-order valence-corrected chi connectivity index (χ4v) is 4.63. The molecule has 4 aromatic rings. The van der Waals surface area contributed by atoms with Crippen molar-refractivity contribution in [3.8, 4) is 23.1 Å². The van der Waals surface area contributed by atoms with Gasteiger partial charge in [-0.3, -0.25) is 0 Å². The quantitative estimate of drug-likeness (QED) is 0.405. The zero-order valence-electron chi connectivity index (χ0n) is 20.9. The van der Waals surface area contributed by atoms with Gasteiger partial charge >= 0.3 is 6.09 Å². The van der Waals surface area contributed by atoms with Crippen molar-refractivity contribution < 1.29 is 9.53 Å². The lowest BCUT2D eigenvalue weighted by atomic mass is 9.91. The largest absolute Gasteiger partial charge is 0.453 e. The number of carbonyl (C=O) groups is 1. The number of fused-ring (bicyclic) bond motifs is 1. The number of ether oxygens (including phenoxy) is 1. The van der Waals surface area contributed by atoms with E-state index in [0.717, 1.165) is 48.0 Å². The molecule has 1 aliphatic carbocycles. The van der Waals surface area contributed by atoms with Gasteiger partial charge in [0.25, 0.3) is 0 Å². The average molecular weight is 501 g/mol. The number of pyridine rings is 2. The predicted octanol–water partition coefficient (Wildman–Crippen LogP) is 3.61. The van der Waals surface area contributed by atoms with Gasteiger partial charge in [0.05, 0.1) is 31.1 Å². The zero-order chi connectivity index (χ0) is 25.9. The van der Waals surface area contributed by atoms with Crippen LogP contribution in [0.25, 0.3) is 28.1 Å². The van der Waals surface area contributed by atoms with Crippen molar-refractivity contribution in [3.05, 3.63) is 42.5 Å². The number of rotatable bonds is 6. The molecule has 0 aliphatic heterocycles. The first kappa shape index (κ1) is 24.2. The highest BCUT2D eigenvalue weighted by molar-refractivity contribution is 5.79. The van der Waals surface area contributed by atoms with Crippen LogP contribution in [0.5, 0.6) is 0 Å². The minimum Gasteiger partial charge on any atom is -0.453 e. The van der Waals surface area contributed by atoms with Crippen molar-refractivity contribution in [2.45, 2.75) is 57.7 Å². The number of alkyl carbamates (subject to hydrolysis) is 1. The second-order valence-electron chi connectivity index (χ2n) is 9.42. The maximum absolute atomic E-state index is 11.5. The third kappa shape index (κ3) is 5.06. The minimum atomic E-state index is -0.390. The first-order valence-corrected chi connectivity index (χ1v) is 12.2. The second-order valence-corrected chi connectivity index (χ2v) is 9.42. The Morgan fingerprint density at radius 1 is 1.16 bits per heavy atom. The van der Waals surface area contributed by atoms with E-state index in [2.05, 4.69) is 55.9 Å². The maximum Gasteiger partial charge on any atom is 0.407 e. The SMILES string of the molecule is COC(=O)NC1CCC(n2cc(-c3cnc(-n4ncc5cc(C#N)cnc54)cc3NC(C)C)nn2)CC1. The molecule has 0 atom stereocenters. The standard InChI is InChI=1S/C25H28N10O2/c1-15(2)30-21-9-23(35-24-17(12-29-35)8-16(10-26)11-28-24)27-13-20(21)22-14-34(33-32-22)19-6-4-18(5-7-19)31-25(36)37-3/h8-9,11-15,18-19H,4-7H2,1-3H3,(H,27,30)(H,31,36).